The number of rotatable bonds is 4. The molecule has 0 saturated heterocycles. The van der Waals surface area contributed by atoms with E-state index in [1.54, 1.807) is 20.0 Å². The number of hydrogen-bond donors (Lipinski definition) is 1. The number of nitrogens with zero attached hydrogens (tertiary/aromatic N) is 1. The summed E-state index contributed by atoms with van der Waals surface area (Å²) in [4.78, 5) is 15.9. The van der Waals surface area contributed by atoms with E-state index in [0.29, 0.717) is 18.0 Å². The molecule has 1 aromatic carbocycles. The molecular formula is C15H16N2O2. The zero-order valence-corrected chi connectivity index (χ0v) is 11.0. The van der Waals surface area contributed by atoms with Crippen LogP contribution in [0.2, 0.25) is 0 Å². The van der Waals surface area contributed by atoms with Crippen molar-refractivity contribution in [3.63, 3.8) is 0 Å². The van der Waals surface area contributed by atoms with Crippen molar-refractivity contribution in [3.05, 3.63) is 48.2 Å². The number of carbonyl (C=O) groups excluding carboxylic acids is 1. The minimum absolute atomic E-state index is 0.323. The number of benzene rings is 1. The van der Waals surface area contributed by atoms with Crippen molar-refractivity contribution in [2.75, 3.05) is 11.9 Å². The molecule has 2 aromatic rings. The van der Waals surface area contributed by atoms with Crippen LogP contribution >= 0.6 is 0 Å². The molecule has 0 spiro atoms. The van der Waals surface area contributed by atoms with Crippen molar-refractivity contribution in [2.45, 2.75) is 13.8 Å². The van der Waals surface area contributed by atoms with E-state index >= 15 is 0 Å². The zero-order chi connectivity index (χ0) is 13.7. The molecular weight excluding hydrogens is 240 g/mol. The van der Waals surface area contributed by atoms with Gasteiger partial charge in [0.1, 0.15) is 5.82 Å². The van der Waals surface area contributed by atoms with Crippen molar-refractivity contribution in [1.29, 1.82) is 0 Å². The van der Waals surface area contributed by atoms with E-state index in [1.807, 2.05) is 36.4 Å². The Morgan fingerprint density at radius 3 is 2.89 bits per heavy atom. The molecule has 0 atom stereocenters. The topological polar surface area (TPSA) is 51.2 Å². The van der Waals surface area contributed by atoms with Crippen LogP contribution in [-0.4, -0.2) is 17.6 Å². The second kappa shape index (κ2) is 6.00. The fourth-order valence-corrected chi connectivity index (χ4v) is 1.63. The summed E-state index contributed by atoms with van der Waals surface area (Å²) in [5.74, 6) is 0.373. The van der Waals surface area contributed by atoms with E-state index in [0.717, 1.165) is 10.9 Å². The molecule has 4 heteroatoms. The molecule has 1 N–H and O–H groups in total. The molecule has 98 valence electrons. The Morgan fingerprint density at radius 2 is 2.11 bits per heavy atom. The number of hydrogen-bond acceptors (Lipinski definition) is 4. The molecule has 0 aliphatic heterocycles. The summed E-state index contributed by atoms with van der Waals surface area (Å²) in [7, 11) is 0. The van der Waals surface area contributed by atoms with E-state index in [4.69, 9.17) is 4.74 Å². The van der Waals surface area contributed by atoms with Crippen LogP contribution in [0.3, 0.4) is 0 Å². The molecule has 0 amide bonds. The molecule has 0 unspecified atom stereocenters. The zero-order valence-electron chi connectivity index (χ0n) is 11.0. The van der Waals surface area contributed by atoms with Crippen LogP contribution in [0.1, 0.15) is 13.8 Å². The second-order valence-corrected chi connectivity index (χ2v) is 4.08. The molecule has 0 radical (unpaired) electrons. The standard InChI is InChI=1S/C15H16N2O2/c1-3-19-15(18)11(2)10-16-14-9-8-12-6-4-5-7-13(12)17-14/h4-10H,3H2,1-2H3,(H,16,17)/b11-10+. The average molecular weight is 256 g/mol. The van der Waals surface area contributed by atoms with E-state index in [-0.39, 0.29) is 5.97 Å². The highest BCUT2D eigenvalue weighted by molar-refractivity contribution is 5.88. The Bertz CT molecular complexity index is 620. The molecule has 1 aromatic heterocycles. The van der Waals surface area contributed by atoms with Crippen LogP contribution in [-0.2, 0) is 9.53 Å². The van der Waals surface area contributed by atoms with Crippen molar-refractivity contribution in [1.82, 2.24) is 4.98 Å². The maximum atomic E-state index is 11.4. The van der Waals surface area contributed by atoms with E-state index in [9.17, 15) is 4.79 Å². The lowest BCUT2D eigenvalue weighted by molar-refractivity contribution is -0.138. The number of pyridine rings is 1. The monoisotopic (exact) mass is 256 g/mol. The van der Waals surface area contributed by atoms with Gasteiger partial charge in [0.15, 0.2) is 0 Å². The summed E-state index contributed by atoms with van der Waals surface area (Å²) in [6, 6.07) is 11.7. The minimum Gasteiger partial charge on any atom is -0.463 e. The normalized spacial score (nSPS) is 11.4. The molecule has 0 fully saturated rings. The first-order valence-corrected chi connectivity index (χ1v) is 6.17. The third-order valence-corrected chi connectivity index (χ3v) is 2.63. The van der Waals surface area contributed by atoms with Gasteiger partial charge in [0.25, 0.3) is 0 Å². The maximum absolute atomic E-state index is 11.4. The molecule has 4 nitrogen and oxygen atoms in total. The SMILES string of the molecule is CCOC(=O)/C(C)=C/Nc1ccc2ccccc2n1. The van der Waals surface area contributed by atoms with Crippen molar-refractivity contribution in [3.8, 4) is 0 Å². The van der Waals surface area contributed by atoms with Crippen molar-refractivity contribution >= 4 is 22.7 Å². The molecule has 0 bridgehead atoms. The smallest absolute Gasteiger partial charge is 0.335 e. The summed E-state index contributed by atoms with van der Waals surface area (Å²) in [6.45, 7) is 3.85. The Labute approximate surface area is 112 Å². The molecule has 19 heavy (non-hydrogen) atoms. The Kier molecular flexibility index (Phi) is 4.13. The van der Waals surface area contributed by atoms with Crippen LogP contribution in [0.25, 0.3) is 10.9 Å². The maximum Gasteiger partial charge on any atom is 0.335 e. The first kappa shape index (κ1) is 13.1. The number of ether oxygens (including phenoxy) is 1. The third kappa shape index (κ3) is 3.31. The van der Waals surface area contributed by atoms with Gasteiger partial charge < -0.3 is 10.1 Å². The number of anilines is 1. The predicted octanol–water partition coefficient (Wildman–Crippen LogP) is 3.11. The number of aromatic nitrogens is 1. The summed E-state index contributed by atoms with van der Waals surface area (Å²) in [5, 5.41) is 4.08. The Morgan fingerprint density at radius 1 is 1.32 bits per heavy atom. The molecule has 0 aliphatic rings. The van der Waals surface area contributed by atoms with Crippen LogP contribution in [0.5, 0.6) is 0 Å². The van der Waals surface area contributed by atoms with Crippen LogP contribution < -0.4 is 5.32 Å². The van der Waals surface area contributed by atoms with Gasteiger partial charge in [-0.25, -0.2) is 9.78 Å². The number of fused-ring (bicyclic) bond motifs is 1. The predicted molar refractivity (Wildman–Crippen MR) is 75.8 cm³/mol. The van der Waals surface area contributed by atoms with E-state index in [2.05, 4.69) is 10.3 Å². The van der Waals surface area contributed by atoms with Crippen molar-refractivity contribution < 1.29 is 9.53 Å². The van der Waals surface area contributed by atoms with Crippen molar-refractivity contribution in [2.24, 2.45) is 0 Å². The fraction of sp³-hybridized carbons (Fsp3) is 0.200. The van der Waals surface area contributed by atoms with Gasteiger partial charge in [-0.15, -0.1) is 0 Å². The summed E-state index contributed by atoms with van der Waals surface area (Å²) in [6.07, 6.45) is 1.61. The number of esters is 1. The average Bonchev–Trinajstić information content (AvgIpc) is 2.44. The minimum atomic E-state index is -0.323. The largest absolute Gasteiger partial charge is 0.463 e. The quantitative estimate of drug-likeness (QED) is 0.674. The van der Waals surface area contributed by atoms with Crippen LogP contribution in [0.15, 0.2) is 48.2 Å². The Hall–Kier alpha value is -2.36. The fourth-order valence-electron chi connectivity index (χ4n) is 1.63. The van der Waals surface area contributed by atoms with Gasteiger partial charge in [0, 0.05) is 11.6 Å². The molecule has 0 aliphatic carbocycles. The highest BCUT2D eigenvalue weighted by atomic mass is 16.5. The van der Waals surface area contributed by atoms with E-state index in [1.165, 1.54) is 0 Å². The first-order chi connectivity index (χ1) is 9.20. The molecule has 1 heterocycles. The van der Waals surface area contributed by atoms with Gasteiger partial charge in [0.05, 0.1) is 17.7 Å². The molecule has 0 saturated carbocycles. The summed E-state index contributed by atoms with van der Waals surface area (Å²) >= 11 is 0. The third-order valence-electron chi connectivity index (χ3n) is 2.63. The lowest BCUT2D eigenvalue weighted by Gasteiger charge is -2.04. The second-order valence-electron chi connectivity index (χ2n) is 4.08. The van der Waals surface area contributed by atoms with Gasteiger partial charge in [-0.1, -0.05) is 18.2 Å². The van der Waals surface area contributed by atoms with Crippen LogP contribution in [0.4, 0.5) is 5.82 Å². The van der Waals surface area contributed by atoms with E-state index < -0.39 is 0 Å². The summed E-state index contributed by atoms with van der Waals surface area (Å²) < 4.78 is 4.89. The van der Waals surface area contributed by atoms with Gasteiger partial charge in [-0.05, 0) is 32.0 Å². The number of para-hydroxylation sites is 1. The lowest BCUT2D eigenvalue weighted by atomic mass is 10.2. The van der Waals surface area contributed by atoms with Gasteiger partial charge in [-0.3, -0.25) is 0 Å². The summed E-state index contributed by atoms with van der Waals surface area (Å²) in [5.41, 5.74) is 1.42. The Balaban J connectivity index is 2.13. The number of carbonyl (C=O) groups is 1. The van der Waals surface area contributed by atoms with Gasteiger partial charge in [0.2, 0.25) is 0 Å². The highest BCUT2D eigenvalue weighted by Crippen LogP contribution is 2.14. The first-order valence-electron chi connectivity index (χ1n) is 6.17. The lowest BCUT2D eigenvalue weighted by Crippen LogP contribution is -2.06. The van der Waals surface area contributed by atoms with Crippen LogP contribution in [0, 0.1) is 0 Å². The highest BCUT2D eigenvalue weighted by Gasteiger charge is 2.04. The van der Waals surface area contributed by atoms with Gasteiger partial charge in [-0.2, -0.15) is 0 Å². The van der Waals surface area contributed by atoms with Gasteiger partial charge >= 0.3 is 5.97 Å². The number of nitrogens with one attached hydrogen (secondary N) is 1. The molecule has 2 rings (SSSR count).